The summed E-state index contributed by atoms with van der Waals surface area (Å²) in [7, 11) is 1.46. The van der Waals surface area contributed by atoms with Crippen LogP contribution in [0.1, 0.15) is 0 Å². The van der Waals surface area contributed by atoms with E-state index in [-0.39, 0.29) is 11.3 Å². The van der Waals surface area contributed by atoms with E-state index >= 15 is 0 Å². The number of aliphatic carboxylic acids is 2. The summed E-state index contributed by atoms with van der Waals surface area (Å²) >= 11 is 0. The molecule has 2 rings (SSSR count). The average molecular weight is 303 g/mol. The Balaban J connectivity index is 2.42. The number of carboxylic acid groups (broad SMARTS) is 2. The molecule has 0 aliphatic carbocycles. The van der Waals surface area contributed by atoms with Crippen molar-refractivity contribution >= 4 is 28.6 Å². The Morgan fingerprint density at radius 2 is 1.91 bits per heavy atom. The van der Waals surface area contributed by atoms with E-state index in [1.54, 1.807) is 12.1 Å². The topological polar surface area (TPSA) is 132 Å². The van der Waals surface area contributed by atoms with Crippen molar-refractivity contribution in [1.82, 2.24) is 0 Å². The standard InChI is InChI=1S/C14H11NO7/c1-21-8-3-2-7-4-10(14(20)22-11(7)5-8)15-6-9(12(16)17)13(18)19/h2-6,15H,1H3,(H,16,17)(H,18,19)/p-2. The van der Waals surface area contributed by atoms with Gasteiger partial charge in [-0.15, -0.1) is 0 Å². The molecule has 0 aliphatic rings. The van der Waals surface area contributed by atoms with Gasteiger partial charge in [-0.3, -0.25) is 0 Å². The van der Waals surface area contributed by atoms with Crippen LogP contribution in [0, 0.1) is 0 Å². The van der Waals surface area contributed by atoms with Crippen molar-refractivity contribution in [3.05, 3.63) is 46.5 Å². The quantitative estimate of drug-likeness (QED) is 0.308. The van der Waals surface area contributed by atoms with Crippen LogP contribution in [0.5, 0.6) is 5.75 Å². The van der Waals surface area contributed by atoms with Crippen molar-refractivity contribution in [2.24, 2.45) is 0 Å². The van der Waals surface area contributed by atoms with Gasteiger partial charge in [0.1, 0.15) is 17.0 Å². The third-order valence-corrected chi connectivity index (χ3v) is 2.75. The maximum absolute atomic E-state index is 11.8. The van der Waals surface area contributed by atoms with Crippen LogP contribution in [0.4, 0.5) is 5.69 Å². The Morgan fingerprint density at radius 3 is 2.50 bits per heavy atom. The van der Waals surface area contributed by atoms with Gasteiger partial charge >= 0.3 is 5.63 Å². The monoisotopic (exact) mass is 303 g/mol. The fourth-order valence-corrected chi connectivity index (χ4v) is 1.67. The van der Waals surface area contributed by atoms with Crippen molar-refractivity contribution < 1.29 is 29.0 Å². The number of anilines is 1. The van der Waals surface area contributed by atoms with Crippen LogP contribution in [0.2, 0.25) is 0 Å². The fraction of sp³-hybridized carbons (Fsp3) is 0.0714. The number of ether oxygens (including phenoxy) is 1. The Labute approximate surface area is 123 Å². The normalized spacial score (nSPS) is 10.0. The van der Waals surface area contributed by atoms with Gasteiger partial charge in [-0.05, 0) is 18.2 Å². The van der Waals surface area contributed by atoms with Crippen LogP contribution >= 0.6 is 0 Å². The Kier molecular flexibility index (Phi) is 4.12. The molecule has 0 unspecified atom stereocenters. The summed E-state index contributed by atoms with van der Waals surface area (Å²) in [6, 6.07) is 6.13. The fourth-order valence-electron chi connectivity index (χ4n) is 1.67. The molecule has 0 fully saturated rings. The second kappa shape index (κ2) is 6.00. The summed E-state index contributed by atoms with van der Waals surface area (Å²) in [4.78, 5) is 32.9. The highest BCUT2D eigenvalue weighted by atomic mass is 16.5. The van der Waals surface area contributed by atoms with E-state index in [0.717, 1.165) is 0 Å². The van der Waals surface area contributed by atoms with Gasteiger partial charge < -0.3 is 34.3 Å². The number of carboxylic acids is 2. The number of fused-ring (bicyclic) bond motifs is 1. The van der Waals surface area contributed by atoms with Gasteiger partial charge in [0.15, 0.2) is 0 Å². The van der Waals surface area contributed by atoms with Crippen LogP contribution in [0.25, 0.3) is 11.0 Å². The number of benzene rings is 1. The lowest BCUT2D eigenvalue weighted by atomic mass is 10.2. The molecule has 1 N–H and O–H groups in total. The van der Waals surface area contributed by atoms with Gasteiger partial charge in [-0.2, -0.15) is 0 Å². The maximum atomic E-state index is 11.8. The third-order valence-electron chi connectivity index (χ3n) is 2.75. The highest BCUT2D eigenvalue weighted by Gasteiger charge is 2.06. The van der Waals surface area contributed by atoms with E-state index in [1.165, 1.54) is 19.2 Å². The van der Waals surface area contributed by atoms with E-state index in [4.69, 9.17) is 9.15 Å². The smallest absolute Gasteiger partial charge is 0.360 e. The van der Waals surface area contributed by atoms with E-state index in [2.05, 4.69) is 5.32 Å². The lowest BCUT2D eigenvalue weighted by molar-refractivity contribution is -0.312. The minimum absolute atomic E-state index is 0.141. The third kappa shape index (κ3) is 3.06. The first-order valence-corrected chi connectivity index (χ1v) is 5.93. The van der Waals surface area contributed by atoms with Crippen molar-refractivity contribution in [3.63, 3.8) is 0 Å². The minimum atomic E-state index is -1.94. The number of rotatable bonds is 5. The number of carbonyl (C=O) groups is 2. The van der Waals surface area contributed by atoms with Gasteiger partial charge in [0.25, 0.3) is 0 Å². The molecule has 0 radical (unpaired) electrons. The first-order chi connectivity index (χ1) is 10.4. The molecule has 0 aliphatic heterocycles. The second-order valence-electron chi connectivity index (χ2n) is 4.13. The molecule has 22 heavy (non-hydrogen) atoms. The van der Waals surface area contributed by atoms with Crippen LogP contribution in [-0.2, 0) is 9.59 Å². The Bertz CT molecular complexity index is 819. The highest BCUT2D eigenvalue weighted by molar-refractivity contribution is 6.10. The number of hydrogen-bond donors (Lipinski definition) is 1. The molecule has 8 heteroatoms. The highest BCUT2D eigenvalue weighted by Crippen LogP contribution is 2.21. The molecule has 8 nitrogen and oxygen atoms in total. The number of methoxy groups -OCH3 is 1. The maximum Gasteiger partial charge on any atom is 0.360 e. The summed E-state index contributed by atoms with van der Waals surface area (Å²) in [5, 5.41) is 23.9. The van der Waals surface area contributed by atoms with Crippen LogP contribution in [0.3, 0.4) is 0 Å². The first-order valence-electron chi connectivity index (χ1n) is 5.93. The lowest BCUT2D eigenvalue weighted by Crippen LogP contribution is -2.36. The van der Waals surface area contributed by atoms with Crippen LogP contribution < -0.4 is 25.9 Å². The second-order valence-corrected chi connectivity index (χ2v) is 4.13. The summed E-state index contributed by atoms with van der Waals surface area (Å²) in [5.41, 5.74) is -1.82. The van der Waals surface area contributed by atoms with Crippen LogP contribution in [-0.4, -0.2) is 19.0 Å². The molecule has 0 saturated heterocycles. The predicted octanol–water partition coefficient (Wildman–Crippen LogP) is -1.40. The molecule has 0 bridgehead atoms. The van der Waals surface area contributed by atoms with E-state index in [9.17, 15) is 24.6 Å². The summed E-state index contributed by atoms with van der Waals surface area (Å²) in [6.07, 6.45) is 0.590. The average Bonchev–Trinajstić information content (AvgIpc) is 2.46. The van der Waals surface area contributed by atoms with Crippen molar-refractivity contribution in [3.8, 4) is 5.75 Å². The molecule has 1 aromatic carbocycles. The Hall–Kier alpha value is -3.29. The largest absolute Gasteiger partial charge is 0.545 e. The zero-order chi connectivity index (χ0) is 16.3. The van der Waals surface area contributed by atoms with Crippen molar-refractivity contribution in [2.45, 2.75) is 0 Å². The van der Waals surface area contributed by atoms with E-state index in [1.807, 2.05) is 0 Å². The number of hydrogen-bond acceptors (Lipinski definition) is 8. The molecular weight excluding hydrogens is 294 g/mol. The van der Waals surface area contributed by atoms with Gasteiger partial charge in [-0.1, -0.05) is 0 Å². The summed E-state index contributed by atoms with van der Waals surface area (Å²) in [5.74, 6) is -3.39. The zero-order valence-corrected chi connectivity index (χ0v) is 11.2. The molecule has 0 atom stereocenters. The first kappa shape index (κ1) is 15.1. The van der Waals surface area contributed by atoms with Crippen molar-refractivity contribution in [2.75, 3.05) is 12.4 Å². The SMILES string of the molecule is COc1ccc2cc(NC=C(C(=O)[O-])C(=O)[O-])c(=O)oc2c1. The molecule has 1 aromatic heterocycles. The van der Waals surface area contributed by atoms with E-state index in [0.29, 0.717) is 17.3 Å². The number of carbonyl (C=O) groups excluding carboxylic acids is 2. The Morgan fingerprint density at radius 1 is 1.23 bits per heavy atom. The molecule has 114 valence electrons. The van der Waals surface area contributed by atoms with Gasteiger partial charge in [0, 0.05) is 23.2 Å². The molecule has 2 aromatic rings. The predicted molar refractivity (Wildman–Crippen MR) is 70.8 cm³/mol. The number of nitrogens with one attached hydrogen (secondary N) is 1. The molecule has 1 heterocycles. The van der Waals surface area contributed by atoms with Crippen LogP contribution in [0.15, 0.2) is 45.3 Å². The zero-order valence-electron chi connectivity index (χ0n) is 11.2. The van der Waals surface area contributed by atoms with Crippen molar-refractivity contribution in [1.29, 1.82) is 0 Å². The van der Waals surface area contributed by atoms with Gasteiger partial charge in [0.2, 0.25) is 0 Å². The summed E-state index contributed by atoms with van der Waals surface area (Å²) < 4.78 is 10.0. The minimum Gasteiger partial charge on any atom is -0.545 e. The van der Waals surface area contributed by atoms with Gasteiger partial charge in [0.05, 0.1) is 19.0 Å². The van der Waals surface area contributed by atoms with Gasteiger partial charge in [-0.25, -0.2) is 4.79 Å². The molecule has 0 saturated carbocycles. The van der Waals surface area contributed by atoms with E-state index < -0.39 is 23.1 Å². The molecule has 0 spiro atoms. The molecular formula is C14H9NO7-2. The molecule has 0 amide bonds. The summed E-state index contributed by atoms with van der Waals surface area (Å²) in [6.45, 7) is 0. The lowest BCUT2D eigenvalue weighted by Gasteiger charge is -2.10.